The molecule has 9 nitrogen and oxygen atoms in total. The third kappa shape index (κ3) is 4.92. The molecule has 140 valence electrons. The molecule has 9 heteroatoms. The normalized spacial score (nSPS) is 21.7. The van der Waals surface area contributed by atoms with Gasteiger partial charge in [0.05, 0.1) is 25.9 Å². The smallest absolute Gasteiger partial charge is 0.330 e. The minimum atomic E-state index is -0.706. The van der Waals surface area contributed by atoms with Crippen LogP contribution in [0.2, 0.25) is 0 Å². The second-order valence-corrected chi connectivity index (χ2v) is 5.63. The fourth-order valence-electron chi connectivity index (χ4n) is 2.50. The van der Waals surface area contributed by atoms with Crippen molar-refractivity contribution in [1.82, 2.24) is 14.9 Å². The number of hydrogen-bond donors (Lipinski definition) is 3. The number of H-pyrrole nitrogens is 1. The van der Waals surface area contributed by atoms with E-state index >= 15 is 0 Å². The highest BCUT2D eigenvalue weighted by molar-refractivity contribution is 5.73. The zero-order chi connectivity index (χ0) is 19.1. The number of carbonyl (C=O) groups is 1. The Hall–Kier alpha value is -2.67. The van der Waals surface area contributed by atoms with Crippen molar-refractivity contribution < 1.29 is 19.4 Å². The Morgan fingerprint density at radius 2 is 2.38 bits per heavy atom. The molecule has 1 saturated heterocycles. The number of nitrogens with zero attached hydrogens (tertiary/aromatic N) is 1. The molecule has 1 amide bonds. The predicted molar refractivity (Wildman–Crippen MR) is 92.4 cm³/mol. The van der Waals surface area contributed by atoms with E-state index in [1.54, 1.807) is 6.08 Å². The van der Waals surface area contributed by atoms with Crippen molar-refractivity contribution in [1.29, 1.82) is 0 Å². The summed E-state index contributed by atoms with van der Waals surface area (Å²) in [7, 11) is 0. The lowest BCUT2D eigenvalue weighted by Gasteiger charge is -2.15. The number of aliphatic hydroxyl groups excluding tert-OH is 1. The summed E-state index contributed by atoms with van der Waals surface area (Å²) >= 11 is 0. The van der Waals surface area contributed by atoms with Gasteiger partial charge in [-0.05, 0) is 0 Å². The van der Waals surface area contributed by atoms with E-state index in [1.165, 1.54) is 17.7 Å². The number of hydrogen-bond acceptors (Lipinski definition) is 6. The summed E-state index contributed by atoms with van der Waals surface area (Å²) in [5, 5.41) is 11.9. The summed E-state index contributed by atoms with van der Waals surface area (Å²) in [4.78, 5) is 37.0. The highest BCUT2D eigenvalue weighted by atomic mass is 16.6. The number of aromatic nitrogens is 2. The second-order valence-electron chi connectivity index (χ2n) is 5.63. The van der Waals surface area contributed by atoms with Gasteiger partial charge in [0.25, 0.3) is 5.56 Å². The summed E-state index contributed by atoms with van der Waals surface area (Å²) in [5.41, 5.74) is -1.21. The molecule has 26 heavy (non-hydrogen) atoms. The monoisotopic (exact) mass is 363 g/mol. The largest absolute Gasteiger partial charge is 0.394 e. The molecule has 0 radical (unpaired) electrons. The van der Waals surface area contributed by atoms with Crippen LogP contribution in [0.4, 0.5) is 0 Å². The van der Waals surface area contributed by atoms with Crippen LogP contribution in [0, 0.1) is 11.8 Å². The number of ether oxygens (including phenoxy) is 2. The van der Waals surface area contributed by atoms with Crippen molar-refractivity contribution in [2.75, 3.05) is 19.8 Å². The summed E-state index contributed by atoms with van der Waals surface area (Å²) < 4.78 is 12.4. The maximum absolute atomic E-state index is 12.1. The van der Waals surface area contributed by atoms with Crippen LogP contribution in [0.1, 0.15) is 25.1 Å². The predicted octanol–water partition coefficient (Wildman–Crippen LogP) is -1.12. The Morgan fingerprint density at radius 1 is 1.62 bits per heavy atom. The van der Waals surface area contributed by atoms with Crippen molar-refractivity contribution in [2.45, 2.75) is 31.8 Å². The number of aromatic amines is 1. The van der Waals surface area contributed by atoms with E-state index < -0.39 is 29.7 Å². The van der Waals surface area contributed by atoms with Crippen molar-refractivity contribution in [3.05, 3.63) is 45.3 Å². The van der Waals surface area contributed by atoms with Crippen LogP contribution in [-0.2, 0) is 14.3 Å². The van der Waals surface area contributed by atoms with E-state index in [4.69, 9.17) is 9.47 Å². The second kappa shape index (κ2) is 9.15. The molecule has 1 aliphatic rings. The van der Waals surface area contributed by atoms with Crippen molar-refractivity contribution in [3.8, 4) is 11.8 Å². The molecular weight excluding hydrogens is 342 g/mol. The lowest BCUT2D eigenvalue weighted by atomic mass is 10.2. The van der Waals surface area contributed by atoms with E-state index in [0.29, 0.717) is 6.42 Å². The maximum atomic E-state index is 12.1. The van der Waals surface area contributed by atoms with Crippen LogP contribution < -0.4 is 16.6 Å². The van der Waals surface area contributed by atoms with Crippen LogP contribution in [0.5, 0.6) is 0 Å². The first kappa shape index (κ1) is 19.7. The molecule has 1 fully saturated rings. The van der Waals surface area contributed by atoms with Gasteiger partial charge in [0.15, 0.2) is 0 Å². The number of amides is 1. The highest BCUT2D eigenvalue weighted by Gasteiger charge is 2.37. The lowest BCUT2D eigenvalue weighted by Crippen LogP contribution is -2.33. The van der Waals surface area contributed by atoms with Gasteiger partial charge >= 0.3 is 5.69 Å². The Bertz CT molecular complexity index is 831. The molecule has 3 unspecified atom stereocenters. The molecule has 1 aromatic heterocycles. The number of nitrogens with one attached hydrogen (secondary N) is 2. The SMILES string of the molecule is C=CCOC1CC(n2cc(C#CCNC(C)=O)c(=O)[nH]c2=O)OC1CO. The fraction of sp³-hybridized carbons (Fsp3) is 0.471. The number of carbonyl (C=O) groups excluding carboxylic acids is 1. The lowest BCUT2D eigenvalue weighted by molar-refractivity contribution is -0.118. The van der Waals surface area contributed by atoms with E-state index in [2.05, 4.69) is 28.7 Å². The summed E-state index contributed by atoms with van der Waals surface area (Å²) in [6.45, 7) is 5.03. The van der Waals surface area contributed by atoms with E-state index in [-0.39, 0.29) is 31.2 Å². The topological polar surface area (TPSA) is 123 Å². The van der Waals surface area contributed by atoms with Gasteiger partial charge in [0.1, 0.15) is 17.9 Å². The molecule has 2 heterocycles. The van der Waals surface area contributed by atoms with Gasteiger partial charge in [-0.25, -0.2) is 4.79 Å². The molecular formula is C17H21N3O6. The zero-order valence-electron chi connectivity index (χ0n) is 14.4. The molecule has 0 aromatic carbocycles. The highest BCUT2D eigenvalue weighted by Crippen LogP contribution is 2.29. The Morgan fingerprint density at radius 3 is 3.04 bits per heavy atom. The number of rotatable bonds is 6. The molecule has 0 saturated carbocycles. The van der Waals surface area contributed by atoms with Crippen LogP contribution in [0.15, 0.2) is 28.4 Å². The Balaban J connectivity index is 2.22. The third-order valence-corrected chi connectivity index (χ3v) is 3.72. The number of aliphatic hydroxyl groups is 1. The zero-order valence-corrected chi connectivity index (χ0v) is 14.4. The first-order valence-electron chi connectivity index (χ1n) is 8.03. The minimum absolute atomic E-state index is 0.0644. The van der Waals surface area contributed by atoms with Crippen LogP contribution in [-0.4, -0.2) is 52.5 Å². The fourth-order valence-corrected chi connectivity index (χ4v) is 2.50. The Kier molecular flexibility index (Phi) is 6.91. The molecule has 1 aromatic rings. The van der Waals surface area contributed by atoms with Crippen LogP contribution >= 0.6 is 0 Å². The average Bonchev–Trinajstić information content (AvgIpc) is 3.01. The maximum Gasteiger partial charge on any atom is 0.330 e. The van der Waals surface area contributed by atoms with Gasteiger partial charge in [-0.15, -0.1) is 6.58 Å². The summed E-state index contributed by atoms with van der Waals surface area (Å²) in [5.74, 6) is 5.01. The quantitative estimate of drug-likeness (QED) is 0.434. The van der Waals surface area contributed by atoms with E-state index in [0.717, 1.165) is 0 Å². The van der Waals surface area contributed by atoms with Crippen molar-refractivity contribution >= 4 is 5.91 Å². The Labute approximate surface area is 149 Å². The van der Waals surface area contributed by atoms with Crippen molar-refractivity contribution in [3.63, 3.8) is 0 Å². The molecule has 0 spiro atoms. The molecule has 3 atom stereocenters. The standard InChI is InChI=1S/C17H21N3O6/c1-3-7-25-13-8-15(26-14(13)10-21)20-9-12(16(23)19-17(20)24)5-4-6-18-11(2)22/h3,9,13-15,21H,1,6-8,10H2,2H3,(H,18,22)(H,19,23,24). The van der Waals surface area contributed by atoms with E-state index in [9.17, 15) is 19.5 Å². The van der Waals surface area contributed by atoms with E-state index in [1.807, 2.05) is 0 Å². The molecule has 3 N–H and O–H groups in total. The van der Waals surface area contributed by atoms with Crippen molar-refractivity contribution in [2.24, 2.45) is 0 Å². The van der Waals surface area contributed by atoms with Crippen LogP contribution in [0.25, 0.3) is 0 Å². The van der Waals surface area contributed by atoms with Crippen LogP contribution in [0.3, 0.4) is 0 Å². The molecule has 2 rings (SSSR count). The molecule has 0 bridgehead atoms. The third-order valence-electron chi connectivity index (χ3n) is 3.72. The van der Waals surface area contributed by atoms with Gasteiger partial charge in [-0.2, -0.15) is 0 Å². The molecule has 1 aliphatic heterocycles. The van der Waals surface area contributed by atoms with Gasteiger partial charge in [-0.1, -0.05) is 17.9 Å². The van der Waals surface area contributed by atoms with Gasteiger partial charge in [0, 0.05) is 19.5 Å². The average molecular weight is 363 g/mol. The first-order chi connectivity index (χ1) is 12.5. The van der Waals surface area contributed by atoms with Gasteiger partial charge in [0.2, 0.25) is 5.91 Å². The summed E-state index contributed by atoms with van der Waals surface area (Å²) in [6, 6.07) is 0. The first-order valence-corrected chi connectivity index (χ1v) is 8.03. The van der Waals surface area contributed by atoms with Gasteiger partial charge < -0.3 is 19.9 Å². The molecule has 0 aliphatic carbocycles. The van der Waals surface area contributed by atoms with Gasteiger partial charge in [-0.3, -0.25) is 19.1 Å². The summed E-state index contributed by atoms with van der Waals surface area (Å²) in [6.07, 6.45) is 1.50. The minimum Gasteiger partial charge on any atom is -0.394 e.